The number of pyridine rings is 1. The van der Waals surface area contributed by atoms with Crippen LogP contribution in [0.15, 0.2) is 36.7 Å². The van der Waals surface area contributed by atoms with Crippen molar-refractivity contribution in [2.24, 2.45) is 0 Å². The Bertz CT molecular complexity index is 602. The Labute approximate surface area is 118 Å². The van der Waals surface area contributed by atoms with Gasteiger partial charge in [-0.3, -0.25) is 4.98 Å². The number of hydrogen-bond acceptors (Lipinski definition) is 3. The zero-order valence-electron chi connectivity index (χ0n) is 8.86. The summed E-state index contributed by atoms with van der Waals surface area (Å²) in [6, 6.07) is 6.00. The van der Waals surface area contributed by atoms with E-state index in [1.54, 1.807) is 6.07 Å². The van der Waals surface area contributed by atoms with Crippen molar-refractivity contribution in [2.75, 3.05) is 0 Å². The second-order valence-corrected chi connectivity index (χ2v) is 4.57. The van der Waals surface area contributed by atoms with Crippen molar-refractivity contribution in [2.45, 2.75) is 0 Å². The van der Waals surface area contributed by atoms with Crippen molar-refractivity contribution in [1.82, 2.24) is 4.98 Å². The molecular weight excluding hydrogens is 296 g/mol. The van der Waals surface area contributed by atoms with Crippen molar-refractivity contribution < 1.29 is 9.53 Å². The Morgan fingerprint density at radius 1 is 1.11 bits per heavy atom. The lowest BCUT2D eigenvalue weighted by Gasteiger charge is -2.06. The summed E-state index contributed by atoms with van der Waals surface area (Å²) >= 11 is 17.5. The molecule has 0 unspecified atom stereocenters. The third-order valence-corrected chi connectivity index (χ3v) is 2.92. The fraction of sp³-hybridized carbons (Fsp3) is 0. The first-order chi connectivity index (χ1) is 8.58. The maximum atomic E-state index is 11.9. The largest absolute Gasteiger partial charge is 0.421 e. The lowest BCUT2D eigenvalue weighted by molar-refractivity contribution is 0.0735. The fourth-order valence-electron chi connectivity index (χ4n) is 1.26. The van der Waals surface area contributed by atoms with E-state index in [0.717, 1.165) is 0 Å². The maximum absolute atomic E-state index is 11.9. The quantitative estimate of drug-likeness (QED) is 0.778. The Hall–Kier alpha value is -1.29. The Balaban J connectivity index is 2.25. The minimum Gasteiger partial charge on any atom is -0.421 e. The molecular formula is C12H6Cl3NO2. The summed E-state index contributed by atoms with van der Waals surface area (Å²) in [7, 11) is 0. The van der Waals surface area contributed by atoms with Crippen LogP contribution in [-0.4, -0.2) is 11.0 Å². The van der Waals surface area contributed by atoms with Gasteiger partial charge in [0, 0.05) is 23.5 Å². The SMILES string of the molecule is O=C(Oc1ccncc1Cl)c1ccc(Cl)cc1Cl. The summed E-state index contributed by atoms with van der Waals surface area (Å²) in [6.07, 6.45) is 2.85. The maximum Gasteiger partial charge on any atom is 0.345 e. The predicted molar refractivity (Wildman–Crippen MR) is 70.7 cm³/mol. The second-order valence-electron chi connectivity index (χ2n) is 3.32. The zero-order chi connectivity index (χ0) is 13.1. The molecule has 0 aliphatic rings. The molecule has 0 saturated heterocycles. The van der Waals surface area contributed by atoms with Crippen molar-refractivity contribution in [3.63, 3.8) is 0 Å². The van der Waals surface area contributed by atoms with Crippen LogP contribution in [0.3, 0.4) is 0 Å². The normalized spacial score (nSPS) is 10.2. The molecule has 1 heterocycles. The van der Waals surface area contributed by atoms with Gasteiger partial charge in [0.15, 0.2) is 5.75 Å². The molecule has 2 aromatic rings. The minimum atomic E-state index is -0.607. The Morgan fingerprint density at radius 3 is 2.56 bits per heavy atom. The van der Waals surface area contributed by atoms with Gasteiger partial charge in [-0.15, -0.1) is 0 Å². The van der Waals surface area contributed by atoms with Crippen molar-refractivity contribution in [1.29, 1.82) is 0 Å². The molecule has 3 nitrogen and oxygen atoms in total. The molecule has 6 heteroatoms. The van der Waals surface area contributed by atoms with E-state index in [0.29, 0.717) is 5.02 Å². The van der Waals surface area contributed by atoms with Gasteiger partial charge in [0.1, 0.15) is 5.02 Å². The van der Waals surface area contributed by atoms with Crippen LogP contribution in [0, 0.1) is 0 Å². The van der Waals surface area contributed by atoms with Crippen LogP contribution in [0.2, 0.25) is 15.1 Å². The van der Waals surface area contributed by atoms with Crippen LogP contribution >= 0.6 is 34.8 Å². The number of carbonyl (C=O) groups is 1. The number of halogens is 3. The predicted octanol–water partition coefficient (Wildman–Crippen LogP) is 4.26. The van der Waals surface area contributed by atoms with Gasteiger partial charge in [-0.2, -0.15) is 0 Å². The molecule has 18 heavy (non-hydrogen) atoms. The highest BCUT2D eigenvalue weighted by Crippen LogP contribution is 2.26. The fourth-order valence-corrected chi connectivity index (χ4v) is 1.90. The first-order valence-corrected chi connectivity index (χ1v) is 5.98. The van der Waals surface area contributed by atoms with Crippen molar-refractivity contribution in [3.8, 4) is 5.75 Å². The molecule has 92 valence electrons. The molecule has 0 aliphatic heterocycles. The van der Waals surface area contributed by atoms with Crippen LogP contribution in [0.25, 0.3) is 0 Å². The molecule has 0 fully saturated rings. The van der Waals surface area contributed by atoms with E-state index in [4.69, 9.17) is 39.5 Å². The first kappa shape index (κ1) is 13.1. The van der Waals surface area contributed by atoms with Gasteiger partial charge in [-0.25, -0.2) is 4.79 Å². The van der Waals surface area contributed by atoms with Gasteiger partial charge >= 0.3 is 5.97 Å². The average Bonchev–Trinajstić information content (AvgIpc) is 2.32. The molecule has 0 saturated carbocycles. The van der Waals surface area contributed by atoms with E-state index in [1.807, 2.05) is 0 Å². The van der Waals surface area contributed by atoms with Crippen LogP contribution in [-0.2, 0) is 0 Å². The molecule has 0 N–H and O–H groups in total. The molecule has 0 bridgehead atoms. The van der Waals surface area contributed by atoms with Crippen molar-refractivity contribution >= 4 is 40.8 Å². The summed E-state index contributed by atoms with van der Waals surface area (Å²) in [4.78, 5) is 15.7. The first-order valence-electron chi connectivity index (χ1n) is 4.84. The third kappa shape index (κ3) is 2.93. The van der Waals surface area contributed by atoms with Crippen molar-refractivity contribution in [3.05, 3.63) is 57.3 Å². The highest BCUT2D eigenvalue weighted by atomic mass is 35.5. The average molecular weight is 303 g/mol. The lowest BCUT2D eigenvalue weighted by atomic mass is 10.2. The van der Waals surface area contributed by atoms with E-state index in [9.17, 15) is 4.79 Å². The van der Waals surface area contributed by atoms with Crippen LogP contribution in [0.1, 0.15) is 10.4 Å². The lowest BCUT2D eigenvalue weighted by Crippen LogP contribution is -2.09. The topological polar surface area (TPSA) is 39.2 Å². The minimum absolute atomic E-state index is 0.217. The Kier molecular flexibility index (Phi) is 4.07. The van der Waals surface area contributed by atoms with E-state index >= 15 is 0 Å². The van der Waals surface area contributed by atoms with Gasteiger partial charge in [0.2, 0.25) is 0 Å². The number of benzene rings is 1. The zero-order valence-corrected chi connectivity index (χ0v) is 11.1. The molecule has 0 amide bonds. The number of esters is 1. The molecule has 1 aromatic heterocycles. The molecule has 0 aliphatic carbocycles. The van der Waals surface area contributed by atoms with E-state index in [-0.39, 0.29) is 21.4 Å². The number of nitrogens with zero attached hydrogens (tertiary/aromatic N) is 1. The van der Waals surface area contributed by atoms with Gasteiger partial charge in [-0.1, -0.05) is 34.8 Å². The van der Waals surface area contributed by atoms with E-state index in [2.05, 4.69) is 4.98 Å². The number of hydrogen-bond donors (Lipinski definition) is 0. The monoisotopic (exact) mass is 301 g/mol. The van der Waals surface area contributed by atoms with Crippen LogP contribution < -0.4 is 4.74 Å². The standard InChI is InChI=1S/C12H6Cl3NO2/c13-7-1-2-8(9(14)5-7)12(17)18-11-3-4-16-6-10(11)15/h1-6H. The second kappa shape index (κ2) is 5.57. The number of aromatic nitrogens is 1. The molecule has 2 rings (SSSR count). The van der Waals surface area contributed by atoms with Crippen LogP contribution in [0.4, 0.5) is 0 Å². The molecule has 0 atom stereocenters. The molecule has 0 spiro atoms. The summed E-state index contributed by atoms with van der Waals surface area (Å²) in [5.74, 6) is -0.382. The third-order valence-electron chi connectivity index (χ3n) is 2.09. The highest BCUT2D eigenvalue weighted by Gasteiger charge is 2.14. The van der Waals surface area contributed by atoms with Gasteiger partial charge in [-0.05, 0) is 18.2 Å². The smallest absolute Gasteiger partial charge is 0.345 e. The highest BCUT2D eigenvalue weighted by molar-refractivity contribution is 6.36. The van der Waals surface area contributed by atoms with E-state index < -0.39 is 5.97 Å². The number of ether oxygens (including phenoxy) is 1. The van der Waals surface area contributed by atoms with Gasteiger partial charge < -0.3 is 4.74 Å². The Morgan fingerprint density at radius 2 is 1.89 bits per heavy atom. The summed E-state index contributed by atoms with van der Waals surface area (Å²) in [6.45, 7) is 0. The summed E-state index contributed by atoms with van der Waals surface area (Å²) < 4.78 is 5.11. The van der Waals surface area contributed by atoms with Gasteiger partial charge in [0.25, 0.3) is 0 Å². The van der Waals surface area contributed by atoms with Crippen LogP contribution in [0.5, 0.6) is 5.75 Å². The van der Waals surface area contributed by atoms with E-state index in [1.165, 1.54) is 30.6 Å². The number of rotatable bonds is 2. The molecule has 0 radical (unpaired) electrons. The number of carbonyl (C=O) groups excluding carboxylic acids is 1. The molecule has 1 aromatic carbocycles. The summed E-state index contributed by atoms with van der Waals surface area (Å²) in [5, 5.41) is 0.909. The van der Waals surface area contributed by atoms with Gasteiger partial charge in [0.05, 0.1) is 10.6 Å². The summed E-state index contributed by atoms with van der Waals surface area (Å²) in [5.41, 5.74) is 0.217.